The van der Waals surface area contributed by atoms with Crippen molar-refractivity contribution >= 4 is 16.5 Å². The standard InChI is InChI=1S/C15H13FN2OS/c1-10-2-5-15(14(18)6-10)20(19)9-12-7-13(16)4-3-11(12)8-17/h2-7H,9,18H2,1H3. The summed E-state index contributed by atoms with van der Waals surface area (Å²) in [6.45, 7) is 1.89. The average molecular weight is 288 g/mol. The van der Waals surface area contributed by atoms with Crippen LogP contribution in [0, 0.1) is 24.1 Å². The second-order valence-corrected chi connectivity index (χ2v) is 5.86. The molecule has 102 valence electrons. The molecule has 0 radical (unpaired) electrons. The Morgan fingerprint density at radius 1 is 1.30 bits per heavy atom. The lowest BCUT2D eigenvalue weighted by molar-refractivity contribution is 0.626. The van der Waals surface area contributed by atoms with Crippen LogP contribution in [0.15, 0.2) is 41.3 Å². The lowest BCUT2D eigenvalue weighted by Gasteiger charge is -2.08. The van der Waals surface area contributed by atoms with E-state index in [1.807, 2.05) is 19.1 Å². The first-order valence-electron chi connectivity index (χ1n) is 5.94. The quantitative estimate of drug-likeness (QED) is 0.883. The number of hydrogen-bond donors (Lipinski definition) is 1. The minimum Gasteiger partial charge on any atom is -0.398 e. The van der Waals surface area contributed by atoms with Crippen LogP contribution in [0.2, 0.25) is 0 Å². The fraction of sp³-hybridized carbons (Fsp3) is 0.133. The normalized spacial score (nSPS) is 11.8. The second-order valence-electron chi connectivity index (χ2n) is 4.44. The first kappa shape index (κ1) is 14.2. The summed E-state index contributed by atoms with van der Waals surface area (Å²) in [5, 5.41) is 8.99. The Kier molecular flexibility index (Phi) is 4.16. The monoisotopic (exact) mass is 288 g/mol. The maximum absolute atomic E-state index is 13.2. The summed E-state index contributed by atoms with van der Waals surface area (Å²) in [6.07, 6.45) is 0. The van der Waals surface area contributed by atoms with Crippen LogP contribution in [0.3, 0.4) is 0 Å². The summed E-state index contributed by atoms with van der Waals surface area (Å²) in [5.74, 6) is -0.388. The molecule has 0 fully saturated rings. The van der Waals surface area contributed by atoms with Gasteiger partial charge in [-0.1, -0.05) is 6.07 Å². The SMILES string of the molecule is Cc1ccc(S(=O)Cc2cc(F)ccc2C#N)c(N)c1. The van der Waals surface area contributed by atoms with Crippen molar-refractivity contribution in [3.05, 3.63) is 58.9 Å². The van der Waals surface area contributed by atoms with Gasteiger partial charge in [0.15, 0.2) is 0 Å². The molecule has 2 aromatic rings. The number of nitrogen functional groups attached to an aromatic ring is 1. The molecule has 0 aromatic heterocycles. The van der Waals surface area contributed by atoms with Gasteiger partial charge in [0.05, 0.1) is 33.1 Å². The number of aryl methyl sites for hydroxylation is 1. The largest absolute Gasteiger partial charge is 0.398 e. The van der Waals surface area contributed by atoms with Crippen LogP contribution >= 0.6 is 0 Å². The minimum absolute atomic E-state index is 0.0634. The zero-order chi connectivity index (χ0) is 14.7. The van der Waals surface area contributed by atoms with Gasteiger partial charge in [0.1, 0.15) is 5.82 Å². The Bertz CT molecular complexity index is 722. The molecule has 0 spiro atoms. The summed E-state index contributed by atoms with van der Waals surface area (Å²) in [5.41, 5.74) is 8.01. The molecule has 0 amide bonds. The number of nitrogens with two attached hydrogens (primary N) is 1. The van der Waals surface area contributed by atoms with Crippen molar-refractivity contribution in [2.24, 2.45) is 0 Å². The molecule has 2 N–H and O–H groups in total. The van der Waals surface area contributed by atoms with Gasteiger partial charge < -0.3 is 5.73 Å². The number of hydrogen-bond acceptors (Lipinski definition) is 3. The molecular weight excluding hydrogens is 275 g/mol. The van der Waals surface area contributed by atoms with Crippen molar-refractivity contribution in [3.8, 4) is 6.07 Å². The topological polar surface area (TPSA) is 66.9 Å². The third-order valence-electron chi connectivity index (χ3n) is 2.88. The van der Waals surface area contributed by atoms with E-state index in [1.165, 1.54) is 18.2 Å². The number of rotatable bonds is 3. The van der Waals surface area contributed by atoms with Crippen LogP contribution in [0.1, 0.15) is 16.7 Å². The van der Waals surface area contributed by atoms with E-state index in [0.29, 0.717) is 21.7 Å². The van der Waals surface area contributed by atoms with Crippen molar-refractivity contribution in [2.75, 3.05) is 5.73 Å². The summed E-state index contributed by atoms with van der Waals surface area (Å²) in [7, 11) is -1.42. The fourth-order valence-corrected chi connectivity index (χ4v) is 3.10. The molecule has 20 heavy (non-hydrogen) atoms. The van der Waals surface area contributed by atoms with Crippen molar-refractivity contribution in [2.45, 2.75) is 17.6 Å². The molecule has 2 aromatic carbocycles. The van der Waals surface area contributed by atoms with Crippen LogP contribution in [0.25, 0.3) is 0 Å². The van der Waals surface area contributed by atoms with Gasteiger partial charge in [0.25, 0.3) is 0 Å². The fourth-order valence-electron chi connectivity index (χ4n) is 1.88. The van der Waals surface area contributed by atoms with Gasteiger partial charge in [-0.2, -0.15) is 5.26 Å². The molecule has 0 aliphatic heterocycles. The Labute approximate surface area is 119 Å². The van der Waals surface area contributed by atoms with Gasteiger partial charge in [-0.05, 0) is 48.4 Å². The molecule has 1 atom stereocenters. The van der Waals surface area contributed by atoms with Crippen LogP contribution in [0.5, 0.6) is 0 Å². The van der Waals surface area contributed by atoms with Gasteiger partial charge in [0.2, 0.25) is 0 Å². The first-order chi connectivity index (χ1) is 9.51. The van der Waals surface area contributed by atoms with Crippen LogP contribution in [-0.4, -0.2) is 4.21 Å². The lowest BCUT2D eigenvalue weighted by atomic mass is 10.1. The second kappa shape index (κ2) is 5.85. The molecule has 2 rings (SSSR count). The molecule has 0 bridgehead atoms. The van der Waals surface area contributed by atoms with Crippen molar-refractivity contribution < 1.29 is 8.60 Å². The van der Waals surface area contributed by atoms with E-state index in [0.717, 1.165) is 5.56 Å². The lowest BCUT2D eigenvalue weighted by Crippen LogP contribution is -2.03. The predicted molar refractivity (Wildman–Crippen MR) is 76.8 cm³/mol. The Morgan fingerprint density at radius 3 is 2.70 bits per heavy atom. The molecule has 0 heterocycles. The van der Waals surface area contributed by atoms with E-state index in [-0.39, 0.29) is 5.75 Å². The smallest absolute Gasteiger partial charge is 0.123 e. The number of benzene rings is 2. The first-order valence-corrected chi connectivity index (χ1v) is 7.26. The third-order valence-corrected chi connectivity index (χ3v) is 4.32. The van der Waals surface area contributed by atoms with Gasteiger partial charge >= 0.3 is 0 Å². The summed E-state index contributed by atoms with van der Waals surface area (Å²) in [6, 6.07) is 11.1. The third kappa shape index (κ3) is 3.03. The maximum Gasteiger partial charge on any atom is 0.123 e. The van der Waals surface area contributed by atoms with E-state index in [1.54, 1.807) is 12.1 Å². The molecule has 1 unspecified atom stereocenters. The van der Waals surface area contributed by atoms with E-state index < -0.39 is 16.6 Å². The van der Waals surface area contributed by atoms with Crippen LogP contribution in [-0.2, 0) is 16.6 Å². The van der Waals surface area contributed by atoms with Crippen molar-refractivity contribution in [1.82, 2.24) is 0 Å². The van der Waals surface area contributed by atoms with E-state index in [9.17, 15) is 8.60 Å². The van der Waals surface area contributed by atoms with Gasteiger partial charge in [0, 0.05) is 5.69 Å². The Balaban J connectivity index is 2.33. The molecule has 5 heteroatoms. The molecule has 3 nitrogen and oxygen atoms in total. The maximum atomic E-state index is 13.2. The summed E-state index contributed by atoms with van der Waals surface area (Å²) < 4.78 is 25.6. The Hall–Kier alpha value is -2.19. The number of nitrogens with zero attached hydrogens (tertiary/aromatic N) is 1. The van der Waals surface area contributed by atoms with Crippen molar-refractivity contribution in [1.29, 1.82) is 5.26 Å². The number of anilines is 1. The number of halogens is 1. The van der Waals surface area contributed by atoms with E-state index in [4.69, 9.17) is 11.0 Å². The zero-order valence-corrected chi connectivity index (χ0v) is 11.7. The van der Waals surface area contributed by atoms with Crippen LogP contribution < -0.4 is 5.73 Å². The minimum atomic E-state index is -1.42. The number of nitriles is 1. The molecule has 0 saturated carbocycles. The Morgan fingerprint density at radius 2 is 2.05 bits per heavy atom. The highest BCUT2D eigenvalue weighted by molar-refractivity contribution is 7.84. The van der Waals surface area contributed by atoms with Crippen LogP contribution in [0.4, 0.5) is 10.1 Å². The average Bonchev–Trinajstić information content (AvgIpc) is 2.38. The summed E-state index contributed by atoms with van der Waals surface area (Å²) >= 11 is 0. The molecule has 0 saturated heterocycles. The molecular formula is C15H13FN2OS. The van der Waals surface area contributed by atoms with E-state index in [2.05, 4.69) is 0 Å². The molecule has 0 aliphatic carbocycles. The van der Waals surface area contributed by atoms with E-state index >= 15 is 0 Å². The predicted octanol–water partition coefficient (Wildman–Crippen LogP) is 2.90. The zero-order valence-electron chi connectivity index (χ0n) is 10.9. The van der Waals surface area contributed by atoms with Gasteiger partial charge in [-0.15, -0.1) is 0 Å². The van der Waals surface area contributed by atoms with Gasteiger partial charge in [-0.3, -0.25) is 4.21 Å². The van der Waals surface area contributed by atoms with Crippen molar-refractivity contribution in [3.63, 3.8) is 0 Å². The molecule has 0 aliphatic rings. The highest BCUT2D eigenvalue weighted by Gasteiger charge is 2.12. The van der Waals surface area contributed by atoms with Gasteiger partial charge in [-0.25, -0.2) is 4.39 Å². The summed E-state index contributed by atoms with van der Waals surface area (Å²) in [4.78, 5) is 0.503. The highest BCUT2D eigenvalue weighted by atomic mass is 32.2. The highest BCUT2D eigenvalue weighted by Crippen LogP contribution is 2.22.